The van der Waals surface area contributed by atoms with Crippen molar-refractivity contribution in [1.82, 2.24) is 0 Å². The van der Waals surface area contributed by atoms with E-state index in [1.807, 2.05) is 0 Å². The van der Waals surface area contributed by atoms with Gasteiger partial charge in [0.15, 0.2) is 0 Å². The van der Waals surface area contributed by atoms with Crippen LogP contribution in [0.2, 0.25) is 5.02 Å². The SMILES string of the molecule is Nc1cc(Cl)ccc1-c1cc[c]c(F)c1. The second kappa shape index (κ2) is 3.91. The van der Waals surface area contributed by atoms with Crippen LogP contribution < -0.4 is 5.73 Å². The summed E-state index contributed by atoms with van der Waals surface area (Å²) < 4.78 is 12.9. The monoisotopic (exact) mass is 220 g/mol. The molecule has 0 spiro atoms. The Bertz CT molecular complexity index is 497. The van der Waals surface area contributed by atoms with Gasteiger partial charge in [-0.1, -0.05) is 29.8 Å². The molecule has 2 aromatic rings. The summed E-state index contributed by atoms with van der Waals surface area (Å²) in [7, 11) is 0. The highest BCUT2D eigenvalue weighted by molar-refractivity contribution is 6.31. The second-order valence-corrected chi connectivity index (χ2v) is 3.59. The molecule has 2 N–H and O–H groups in total. The summed E-state index contributed by atoms with van der Waals surface area (Å²) >= 11 is 5.78. The van der Waals surface area contributed by atoms with Crippen molar-refractivity contribution in [2.45, 2.75) is 0 Å². The Morgan fingerprint density at radius 3 is 2.67 bits per heavy atom. The molecule has 0 aromatic heterocycles. The quantitative estimate of drug-likeness (QED) is 0.731. The van der Waals surface area contributed by atoms with Crippen molar-refractivity contribution in [3.63, 3.8) is 0 Å². The van der Waals surface area contributed by atoms with Gasteiger partial charge in [0.2, 0.25) is 0 Å². The first-order valence-electron chi connectivity index (χ1n) is 4.39. The average Bonchev–Trinajstić information content (AvgIpc) is 2.17. The smallest absolute Gasteiger partial charge is 0.131 e. The molecule has 0 saturated heterocycles. The van der Waals surface area contributed by atoms with E-state index in [2.05, 4.69) is 6.07 Å². The lowest BCUT2D eigenvalue weighted by Gasteiger charge is -2.05. The van der Waals surface area contributed by atoms with E-state index < -0.39 is 5.82 Å². The van der Waals surface area contributed by atoms with Crippen LogP contribution in [0.25, 0.3) is 11.1 Å². The number of anilines is 1. The number of hydrogen-bond donors (Lipinski definition) is 1. The minimum absolute atomic E-state index is 0.401. The first-order valence-corrected chi connectivity index (χ1v) is 4.77. The van der Waals surface area contributed by atoms with Crippen LogP contribution in [-0.2, 0) is 0 Å². The van der Waals surface area contributed by atoms with Crippen LogP contribution in [0.3, 0.4) is 0 Å². The average molecular weight is 221 g/mol. The van der Waals surface area contributed by atoms with Gasteiger partial charge in [-0.05, 0) is 23.8 Å². The molecule has 3 heteroatoms. The van der Waals surface area contributed by atoms with Gasteiger partial charge in [0.1, 0.15) is 5.82 Å². The minimum Gasteiger partial charge on any atom is -0.398 e. The van der Waals surface area contributed by atoms with E-state index >= 15 is 0 Å². The Morgan fingerprint density at radius 2 is 2.00 bits per heavy atom. The molecule has 0 bridgehead atoms. The van der Waals surface area contributed by atoms with Gasteiger partial charge >= 0.3 is 0 Å². The maximum absolute atomic E-state index is 12.9. The van der Waals surface area contributed by atoms with E-state index in [1.165, 1.54) is 12.1 Å². The zero-order valence-corrected chi connectivity index (χ0v) is 8.55. The standard InChI is InChI=1S/C12H8ClFN/c13-9-4-5-11(12(15)7-9)8-2-1-3-10(14)6-8/h1-2,4-7H,15H2. The van der Waals surface area contributed by atoms with Crippen molar-refractivity contribution in [1.29, 1.82) is 0 Å². The van der Waals surface area contributed by atoms with Crippen molar-refractivity contribution < 1.29 is 4.39 Å². The number of nitrogen functional groups attached to an aromatic ring is 1. The van der Waals surface area contributed by atoms with Gasteiger partial charge in [-0.15, -0.1) is 0 Å². The van der Waals surface area contributed by atoms with E-state index in [1.54, 1.807) is 24.3 Å². The second-order valence-electron chi connectivity index (χ2n) is 3.16. The van der Waals surface area contributed by atoms with E-state index in [-0.39, 0.29) is 0 Å². The number of halogens is 2. The van der Waals surface area contributed by atoms with E-state index in [0.29, 0.717) is 10.7 Å². The number of hydrogen-bond acceptors (Lipinski definition) is 1. The molecule has 0 atom stereocenters. The molecule has 2 aromatic carbocycles. The van der Waals surface area contributed by atoms with Crippen molar-refractivity contribution in [2.75, 3.05) is 5.73 Å². The Balaban J connectivity index is 2.54. The normalized spacial score (nSPS) is 10.3. The molecule has 0 heterocycles. The van der Waals surface area contributed by atoms with Crippen molar-refractivity contribution in [2.24, 2.45) is 0 Å². The molecule has 0 fully saturated rings. The summed E-state index contributed by atoms with van der Waals surface area (Å²) in [6.45, 7) is 0. The predicted molar refractivity (Wildman–Crippen MR) is 60.1 cm³/mol. The zero-order chi connectivity index (χ0) is 10.8. The van der Waals surface area contributed by atoms with Gasteiger partial charge in [-0.25, -0.2) is 4.39 Å². The maximum atomic E-state index is 12.9. The van der Waals surface area contributed by atoms with Crippen molar-refractivity contribution in [3.8, 4) is 11.1 Å². The van der Waals surface area contributed by atoms with Gasteiger partial charge in [-0.2, -0.15) is 0 Å². The number of rotatable bonds is 1. The van der Waals surface area contributed by atoms with Crippen LogP contribution in [-0.4, -0.2) is 0 Å². The third-order valence-electron chi connectivity index (χ3n) is 2.09. The van der Waals surface area contributed by atoms with E-state index in [4.69, 9.17) is 17.3 Å². The molecule has 0 unspecified atom stereocenters. The topological polar surface area (TPSA) is 26.0 Å². The molecule has 0 aliphatic heterocycles. The lowest BCUT2D eigenvalue weighted by Crippen LogP contribution is -1.90. The summed E-state index contributed by atoms with van der Waals surface area (Å²) in [5.74, 6) is -0.401. The van der Waals surface area contributed by atoms with Gasteiger partial charge < -0.3 is 5.73 Å². The highest BCUT2D eigenvalue weighted by Crippen LogP contribution is 2.28. The molecule has 75 valence electrons. The largest absolute Gasteiger partial charge is 0.398 e. The first-order chi connectivity index (χ1) is 7.16. The highest BCUT2D eigenvalue weighted by Gasteiger charge is 2.03. The lowest BCUT2D eigenvalue weighted by atomic mass is 10.0. The van der Waals surface area contributed by atoms with Gasteiger partial charge in [0.05, 0.1) is 0 Å². The summed E-state index contributed by atoms with van der Waals surface area (Å²) in [6.07, 6.45) is 0. The van der Waals surface area contributed by atoms with Gasteiger partial charge in [0, 0.05) is 22.3 Å². The van der Waals surface area contributed by atoms with Crippen LogP contribution in [0.5, 0.6) is 0 Å². The van der Waals surface area contributed by atoms with E-state index in [0.717, 1.165) is 11.1 Å². The Labute approximate surface area is 92.3 Å². The number of benzene rings is 2. The number of nitrogens with two attached hydrogens (primary N) is 1. The molecule has 2 rings (SSSR count). The zero-order valence-electron chi connectivity index (χ0n) is 7.80. The first kappa shape index (κ1) is 9.99. The van der Waals surface area contributed by atoms with Crippen molar-refractivity contribution >= 4 is 17.3 Å². The molecular weight excluding hydrogens is 213 g/mol. The Kier molecular flexibility index (Phi) is 2.60. The molecule has 15 heavy (non-hydrogen) atoms. The third-order valence-corrected chi connectivity index (χ3v) is 2.33. The van der Waals surface area contributed by atoms with Crippen LogP contribution in [0.1, 0.15) is 0 Å². The molecule has 0 aliphatic rings. The molecule has 0 saturated carbocycles. The summed E-state index contributed by atoms with van der Waals surface area (Å²) in [4.78, 5) is 0. The summed E-state index contributed by atoms with van der Waals surface area (Å²) in [6, 6.07) is 12.2. The van der Waals surface area contributed by atoms with Crippen LogP contribution in [0.15, 0.2) is 36.4 Å². The van der Waals surface area contributed by atoms with Gasteiger partial charge in [-0.3, -0.25) is 0 Å². The molecular formula is C12H8ClFN. The Hall–Kier alpha value is -1.54. The molecule has 0 amide bonds. The van der Waals surface area contributed by atoms with Crippen LogP contribution >= 0.6 is 11.6 Å². The third kappa shape index (κ3) is 2.10. The van der Waals surface area contributed by atoms with Gasteiger partial charge in [0.25, 0.3) is 0 Å². The molecule has 1 nitrogen and oxygen atoms in total. The highest BCUT2D eigenvalue weighted by atomic mass is 35.5. The fourth-order valence-electron chi connectivity index (χ4n) is 1.40. The predicted octanol–water partition coefficient (Wildman–Crippen LogP) is 3.53. The summed E-state index contributed by atoms with van der Waals surface area (Å²) in [5, 5.41) is 0.569. The molecule has 0 aliphatic carbocycles. The minimum atomic E-state index is -0.401. The molecule has 1 radical (unpaired) electrons. The van der Waals surface area contributed by atoms with Crippen LogP contribution in [0, 0.1) is 11.9 Å². The lowest BCUT2D eigenvalue weighted by molar-refractivity contribution is 0.626. The maximum Gasteiger partial charge on any atom is 0.131 e. The van der Waals surface area contributed by atoms with E-state index in [9.17, 15) is 4.39 Å². The van der Waals surface area contributed by atoms with Crippen LogP contribution in [0.4, 0.5) is 10.1 Å². The summed E-state index contributed by atoms with van der Waals surface area (Å²) in [5.41, 5.74) is 7.81. The fraction of sp³-hybridized carbons (Fsp3) is 0. The fourth-order valence-corrected chi connectivity index (χ4v) is 1.58. The van der Waals surface area contributed by atoms with Crippen molar-refractivity contribution in [3.05, 3.63) is 53.3 Å². The Morgan fingerprint density at radius 1 is 1.20 bits per heavy atom.